The minimum absolute atomic E-state index is 0.196. The fourth-order valence-electron chi connectivity index (χ4n) is 1.99. The topological polar surface area (TPSA) is 108 Å². The molecular formula is C16H28NO7P. The Labute approximate surface area is 148 Å². The number of phosphoric ester groups is 1. The molecule has 144 valence electrons. The van der Waals surface area contributed by atoms with Crippen molar-refractivity contribution >= 4 is 7.82 Å². The molecule has 0 bridgehead atoms. The number of ether oxygens (including phenoxy) is 1. The van der Waals surface area contributed by atoms with Crippen molar-refractivity contribution in [2.24, 2.45) is 0 Å². The van der Waals surface area contributed by atoms with Gasteiger partial charge in [0.05, 0.1) is 47.6 Å². The summed E-state index contributed by atoms with van der Waals surface area (Å²) < 4.78 is 27.5. The van der Waals surface area contributed by atoms with E-state index in [-0.39, 0.29) is 6.61 Å². The second kappa shape index (κ2) is 10.4. The quantitative estimate of drug-likeness (QED) is 0.394. The van der Waals surface area contributed by atoms with Gasteiger partial charge < -0.3 is 33.4 Å². The number of benzene rings is 1. The molecule has 0 aromatic heterocycles. The summed E-state index contributed by atoms with van der Waals surface area (Å²) >= 11 is 0. The van der Waals surface area contributed by atoms with Crippen molar-refractivity contribution in [3.8, 4) is 0 Å². The minimum atomic E-state index is -4.58. The molecule has 1 rings (SSSR count). The number of likely N-dealkylation sites (N-methyl/N-ethyl adjacent to an activating group) is 1. The first-order chi connectivity index (χ1) is 11.6. The van der Waals surface area contributed by atoms with Gasteiger partial charge in [-0.05, 0) is 5.56 Å². The molecule has 1 aromatic rings. The number of phosphoric acid groups is 1. The maximum absolute atomic E-state index is 11.7. The lowest BCUT2D eigenvalue weighted by molar-refractivity contribution is -0.873. The van der Waals surface area contributed by atoms with E-state index in [1.54, 1.807) is 0 Å². The Morgan fingerprint density at radius 1 is 1.16 bits per heavy atom. The minimum Gasteiger partial charge on any atom is -0.756 e. The zero-order valence-corrected chi connectivity index (χ0v) is 15.8. The average molecular weight is 377 g/mol. The molecule has 25 heavy (non-hydrogen) atoms. The summed E-state index contributed by atoms with van der Waals surface area (Å²) in [5.41, 5.74) is 0.974. The van der Waals surface area contributed by atoms with Gasteiger partial charge in [-0.3, -0.25) is 4.57 Å². The summed E-state index contributed by atoms with van der Waals surface area (Å²) in [6.07, 6.45) is -1.74. The first-order valence-corrected chi connectivity index (χ1v) is 9.42. The van der Waals surface area contributed by atoms with Gasteiger partial charge in [-0.1, -0.05) is 30.3 Å². The van der Waals surface area contributed by atoms with Crippen LogP contribution in [0.2, 0.25) is 0 Å². The molecule has 0 aliphatic rings. The van der Waals surface area contributed by atoms with Crippen molar-refractivity contribution in [3.05, 3.63) is 35.9 Å². The number of hydrogen-bond acceptors (Lipinski definition) is 7. The van der Waals surface area contributed by atoms with Crippen LogP contribution >= 0.6 is 7.82 Å². The van der Waals surface area contributed by atoms with Crippen LogP contribution in [0.3, 0.4) is 0 Å². The molecular weight excluding hydrogens is 349 g/mol. The van der Waals surface area contributed by atoms with Gasteiger partial charge in [-0.25, -0.2) is 0 Å². The second-order valence-electron chi connectivity index (χ2n) is 6.77. The molecule has 0 saturated carbocycles. The van der Waals surface area contributed by atoms with E-state index in [4.69, 9.17) is 19.5 Å². The zero-order valence-electron chi connectivity index (χ0n) is 14.9. The average Bonchev–Trinajstić information content (AvgIpc) is 2.55. The molecule has 0 amide bonds. The number of aliphatic hydroxyl groups excluding tert-OH is 2. The molecule has 0 radical (unpaired) electrons. The lowest BCUT2D eigenvalue weighted by Crippen LogP contribution is -2.44. The highest BCUT2D eigenvalue weighted by Crippen LogP contribution is 2.38. The van der Waals surface area contributed by atoms with Crippen LogP contribution in [0.15, 0.2) is 30.3 Å². The molecule has 1 aromatic carbocycles. The first kappa shape index (κ1) is 22.2. The molecule has 3 unspecified atom stereocenters. The van der Waals surface area contributed by atoms with Crippen LogP contribution in [0, 0.1) is 0 Å². The molecule has 0 heterocycles. The lowest BCUT2D eigenvalue weighted by atomic mass is 10.2. The van der Waals surface area contributed by atoms with Gasteiger partial charge in [0.2, 0.25) is 0 Å². The van der Waals surface area contributed by atoms with Crippen molar-refractivity contribution in [1.29, 1.82) is 0 Å². The van der Waals surface area contributed by atoms with Gasteiger partial charge in [-0.2, -0.15) is 0 Å². The van der Waals surface area contributed by atoms with Gasteiger partial charge >= 0.3 is 0 Å². The summed E-state index contributed by atoms with van der Waals surface area (Å²) in [5, 5.41) is 17.8. The van der Waals surface area contributed by atoms with E-state index in [9.17, 15) is 9.46 Å². The van der Waals surface area contributed by atoms with Crippen molar-refractivity contribution in [3.63, 3.8) is 0 Å². The maximum atomic E-state index is 11.7. The Morgan fingerprint density at radius 2 is 1.76 bits per heavy atom. The molecule has 9 heteroatoms. The maximum Gasteiger partial charge on any atom is 0.268 e. The molecule has 0 saturated heterocycles. The van der Waals surface area contributed by atoms with Crippen LogP contribution in [-0.2, 0) is 25.0 Å². The third kappa shape index (κ3) is 10.7. The van der Waals surface area contributed by atoms with Gasteiger partial charge in [0, 0.05) is 0 Å². The van der Waals surface area contributed by atoms with E-state index >= 15 is 0 Å². The first-order valence-electron chi connectivity index (χ1n) is 7.96. The van der Waals surface area contributed by atoms with E-state index in [1.165, 1.54) is 0 Å². The molecule has 8 nitrogen and oxygen atoms in total. The Kier molecular flexibility index (Phi) is 9.20. The van der Waals surface area contributed by atoms with E-state index in [2.05, 4.69) is 4.52 Å². The summed E-state index contributed by atoms with van der Waals surface area (Å²) in [7, 11) is 1.30. The number of nitrogens with zero attached hydrogens (tertiary/aromatic N) is 1. The van der Waals surface area contributed by atoms with Crippen LogP contribution in [0.5, 0.6) is 0 Å². The largest absolute Gasteiger partial charge is 0.756 e. The predicted molar refractivity (Wildman–Crippen MR) is 90.5 cm³/mol. The molecule has 0 spiro atoms. The predicted octanol–water partition coefficient (Wildman–Crippen LogP) is 0.133. The molecule has 0 aliphatic carbocycles. The number of rotatable bonds is 12. The Bertz CT molecular complexity index is 535. The van der Waals surface area contributed by atoms with Crippen LogP contribution < -0.4 is 4.89 Å². The van der Waals surface area contributed by atoms with Gasteiger partial charge in [0.15, 0.2) is 0 Å². The van der Waals surface area contributed by atoms with E-state index in [0.717, 1.165) is 5.56 Å². The summed E-state index contributed by atoms with van der Waals surface area (Å²) in [6, 6.07) is 9.54. The number of hydrogen-bond donors (Lipinski definition) is 2. The summed E-state index contributed by atoms with van der Waals surface area (Å²) in [4.78, 5) is 11.7. The zero-order chi connectivity index (χ0) is 18.9. The number of aliphatic hydroxyl groups is 2. The highest BCUT2D eigenvalue weighted by Gasteiger charge is 2.22. The summed E-state index contributed by atoms with van der Waals surface area (Å²) in [6.45, 7) is -0.473. The molecule has 0 fully saturated rings. The standard InChI is InChI=1S/C16H28NO7P/c1-17(2,3)9-16(22-11-14-7-5-4-6-8-14)13-24-25(20,21)23-12-15(19)10-18/h4-8,15-16,18-19H,9-13H2,1-3H3. The van der Waals surface area contributed by atoms with Crippen molar-refractivity contribution in [2.75, 3.05) is 47.5 Å². The Balaban J connectivity index is 2.56. The van der Waals surface area contributed by atoms with E-state index < -0.39 is 33.2 Å². The van der Waals surface area contributed by atoms with Crippen LogP contribution in [0.25, 0.3) is 0 Å². The Morgan fingerprint density at radius 3 is 2.32 bits per heavy atom. The van der Waals surface area contributed by atoms with Crippen LogP contribution in [0.4, 0.5) is 0 Å². The fourth-order valence-corrected chi connectivity index (χ4v) is 2.77. The normalized spacial score (nSPS) is 17.0. The SMILES string of the molecule is C[N+](C)(C)CC(COP(=O)([O-])OCC(O)CO)OCc1ccccc1. The van der Waals surface area contributed by atoms with Crippen molar-refractivity contribution in [1.82, 2.24) is 0 Å². The lowest BCUT2D eigenvalue weighted by Gasteiger charge is -2.31. The third-order valence-corrected chi connectivity index (χ3v) is 4.06. The van der Waals surface area contributed by atoms with E-state index in [1.807, 2.05) is 51.5 Å². The number of quaternary nitrogens is 1. The third-order valence-electron chi connectivity index (χ3n) is 3.13. The van der Waals surface area contributed by atoms with Gasteiger partial charge in [0.25, 0.3) is 7.82 Å². The van der Waals surface area contributed by atoms with Crippen LogP contribution in [0.1, 0.15) is 5.56 Å². The summed E-state index contributed by atoms with van der Waals surface area (Å²) in [5.74, 6) is 0. The second-order valence-corrected chi connectivity index (χ2v) is 8.18. The highest BCUT2D eigenvalue weighted by atomic mass is 31.2. The monoisotopic (exact) mass is 377 g/mol. The van der Waals surface area contributed by atoms with Crippen LogP contribution in [-0.4, -0.2) is 74.4 Å². The fraction of sp³-hybridized carbons (Fsp3) is 0.625. The molecule has 3 atom stereocenters. The smallest absolute Gasteiger partial charge is 0.268 e. The van der Waals surface area contributed by atoms with E-state index in [0.29, 0.717) is 17.6 Å². The van der Waals surface area contributed by atoms with Crippen molar-refractivity contribution < 1.29 is 37.9 Å². The Hall–Kier alpha value is -0.830. The van der Waals surface area contributed by atoms with Crippen molar-refractivity contribution in [2.45, 2.75) is 18.8 Å². The van der Waals surface area contributed by atoms with Gasteiger partial charge in [0.1, 0.15) is 18.8 Å². The highest BCUT2D eigenvalue weighted by molar-refractivity contribution is 7.45. The van der Waals surface area contributed by atoms with Gasteiger partial charge in [-0.15, -0.1) is 0 Å². The molecule has 2 N–H and O–H groups in total. The molecule has 0 aliphatic heterocycles.